The molecule has 1 saturated carbocycles. The summed E-state index contributed by atoms with van der Waals surface area (Å²) in [5, 5.41) is 9.06. The first-order chi connectivity index (χ1) is 7.40. The number of imidazole rings is 1. The van der Waals surface area contributed by atoms with Crippen molar-refractivity contribution in [1.29, 1.82) is 0 Å². The first-order valence-electron chi connectivity index (χ1n) is 5.72. The van der Waals surface area contributed by atoms with Crippen LogP contribution >= 0.6 is 0 Å². The summed E-state index contributed by atoms with van der Waals surface area (Å²) in [6.45, 7) is 1.89. The third-order valence-corrected chi connectivity index (χ3v) is 3.16. The van der Waals surface area contributed by atoms with Crippen LogP contribution in [0.1, 0.15) is 31.4 Å². The van der Waals surface area contributed by atoms with Gasteiger partial charge in [-0.2, -0.15) is 0 Å². The molecule has 1 aromatic rings. The fraction of sp³-hybridized carbons (Fsp3) is 0.727. The minimum atomic E-state index is 0.241. The van der Waals surface area contributed by atoms with Crippen LogP contribution < -0.4 is 0 Å². The Morgan fingerprint density at radius 1 is 1.47 bits per heavy atom. The van der Waals surface area contributed by atoms with E-state index in [1.807, 2.05) is 6.20 Å². The third-order valence-electron chi connectivity index (χ3n) is 3.16. The van der Waals surface area contributed by atoms with Gasteiger partial charge in [0.1, 0.15) is 0 Å². The molecule has 0 amide bonds. The Kier molecular flexibility index (Phi) is 3.75. The quantitative estimate of drug-likeness (QED) is 0.764. The van der Waals surface area contributed by atoms with Crippen molar-refractivity contribution >= 4 is 0 Å². The number of aromatic amines is 1. The maximum Gasteiger partial charge on any atom is 0.0922 e. The first kappa shape index (κ1) is 10.6. The van der Waals surface area contributed by atoms with E-state index in [2.05, 4.69) is 14.9 Å². The molecule has 2 N–H and O–H groups in total. The molecule has 0 radical (unpaired) electrons. The molecular formula is C11H19N3O. The summed E-state index contributed by atoms with van der Waals surface area (Å²) in [4.78, 5) is 9.49. The van der Waals surface area contributed by atoms with Crippen molar-refractivity contribution in [3.63, 3.8) is 0 Å². The Hall–Kier alpha value is -0.870. The van der Waals surface area contributed by atoms with Crippen LogP contribution in [0.2, 0.25) is 0 Å². The molecule has 1 aromatic heterocycles. The van der Waals surface area contributed by atoms with Gasteiger partial charge < -0.3 is 10.1 Å². The van der Waals surface area contributed by atoms with Crippen molar-refractivity contribution in [2.24, 2.45) is 0 Å². The van der Waals surface area contributed by atoms with Gasteiger partial charge in [0.05, 0.1) is 12.9 Å². The Morgan fingerprint density at radius 3 is 2.87 bits per heavy atom. The molecule has 0 bridgehead atoms. The summed E-state index contributed by atoms with van der Waals surface area (Å²) in [5.74, 6) is 0. The van der Waals surface area contributed by atoms with Gasteiger partial charge in [0.2, 0.25) is 0 Å². The van der Waals surface area contributed by atoms with Gasteiger partial charge in [-0.25, -0.2) is 4.98 Å². The number of aliphatic hydroxyl groups excluding tert-OH is 1. The van der Waals surface area contributed by atoms with Gasteiger partial charge in [-0.05, 0) is 12.8 Å². The Morgan fingerprint density at radius 2 is 2.27 bits per heavy atom. The fourth-order valence-electron chi connectivity index (χ4n) is 2.38. The lowest BCUT2D eigenvalue weighted by atomic mass is 10.2. The molecule has 1 fully saturated rings. The number of aliphatic hydroxyl groups is 1. The number of nitrogens with one attached hydrogen (secondary N) is 1. The van der Waals surface area contributed by atoms with Crippen LogP contribution in [-0.4, -0.2) is 39.2 Å². The predicted molar refractivity (Wildman–Crippen MR) is 58.3 cm³/mol. The van der Waals surface area contributed by atoms with Crippen molar-refractivity contribution in [2.45, 2.75) is 38.3 Å². The molecule has 0 unspecified atom stereocenters. The van der Waals surface area contributed by atoms with Gasteiger partial charge in [-0.3, -0.25) is 4.90 Å². The maximum absolute atomic E-state index is 9.06. The van der Waals surface area contributed by atoms with E-state index in [4.69, 9.17) is 5.11 Å². The molecule has 0 atom stereocenters. The number of H-pyrrole nitrogens is 1. The lowest BCUT2D eigenvalue weighted by Gasteiger charge is -2.27. The van der Waals surface area contributed by atoms with E-state index >= 15 is 0 Å². The normalized spacial score (nSPS) is 17.7. The molecule has 4 nitrogen and oxygen atoms in total. The lowest BCUT2D eigenvalue weighted by molar-refractivity contribution is 0.143. The Labute approximate surface area is 90.3 Å². The number of nitrogens with zero attached hydrogens (tertiary/aromatic N) is 2. The average Bonchev–Trinajstić information content (AvgIpc) is 2.89. The largest absolute Gasteiger partial charge is 0.395 e. The first-order valence-corrected chi connectivity index (χ1v) is 5.72. The Balaban J connectivity index is 1.93. The topological polar surface area (TPSA) is 52.1 Å². The molecule has 15 heavy (non-hydrogen) atoms. The van der Waals surface area contributed by atoms with Crippen LogP contribution in [-0.2, 0) is 6.54 Å². The second kappa shape index (κ2) is 5.28. The van der Waals surface area contributed by atoms with E-state index in [0.29, 0.717) is 6.04 Å². The summed E-state index contributed by atoms with van der Waals surface area (Å²) in [5.41, 5.74) is 1.13. The summed E-state index contributed by atoms with van der Waals surface area (Å²) >= 11 is 0. The van der Waals surface area contributed by atoms with Crippen LogP contribution in [0, 0.1) is 0 Å². The highest BCUT2D eigenvalue weighted by Crippen LogP contribution is 2.24. The average molecular weight is 209 g/mol. The van der Waals surface area contributed by atoms with Gasteiger partial charge in [0, 0.05) is 31.0 Å². The van der Waals surface area contributed by atoms with Crippen LogP contribution in [0.15, 0.2) is 12.5 Å². The van der Waals surface area contributed by atoms with Gasteiger partial charge in [-0.15, -0.1) is 0 Å². The molecule has 0 saturated heterocycles. The second-order valence-corrected chi connectivity index (χ2v) is 4.21. The molecule has 1 heterocycles. The van der Waals surface area contributed by atoms with E-state index in [0.717, 1.165) is 18.8 Å². The van der Waals surface area contributed by atoms with Crippen molar-refractivity contribution in [3.05, 3.63) is 18.2 Å². The summed E-state index contributed by atoms with van der Waals surface area (Å²) < 4.78 is 0. The van der Waals surface area contributed by atoms with Gasteiger partial charge in [0.15, 0.2) is 0 Å². The molecular weight excluding hydrogens is 190 g/mol. The van der Waals surface area contributed by atoms with Crippen LogP contribution in [0.3, 0.4) is 0 Å². The number of rotatable bonds is 5. The SMILES string of the molecule is OCCN(Cc1cnc[nH]1)C1CCCC1. The molecule has 1 aliphatic carbocycles. The summed E-state index contributed by atoms with van der Waals surface area (Å²) in [7, 11) is 0. The van der Waals surface area contributed by atoms with Crippen molar-refractivity contribution in [3.8, 4) is 0 Å². The number of aromatic nitrogens is 2. The van der Waals surface area contributed by atoms with Gasteiger partial charge in [0.25, 0.3) is 0 Å². The van der Waals surface area contributed by atoms with Crippen molar-refractivity contribution < 1.29 is 5.11 Å². The van der Waals surface area contributed by atoms with Gasteiger partial charge in [-0.1, -0.05) is 12.8 Å². The van der Waals surface area contributed by atoms with Gasteiger partial charge >= 0.3 is 0 Å². The molecule has 0 spiro atoms. The molecule has 1 aliphatic rings. The predicted octanol–water partition coefficient (Wildman–Crippen LogP) is 1.15. The molecule has 84 valence electrons. The standard InChI is InChI=1S/C11H19N3O/c15-6-5-14(11-3-1-2-4-11)8-10-7-12-9-13-10/h7,9,11,15H,1-6,8H2,(H,12,13). The minimum absolute atomic E-state index is 0.241. The maximum atomic E-state index is 9.06. The monoisotopic (exact) mass is 209 g/mol. The van der Waals surface area contributed by atoms with E-state index in [9.17, 15) is 0 Å². The zero-order chi connectivity index (χ0) is 10.5. The lowest BCUT2D eigenvalue weighted by Crippen LogP contribution is -2.35. The van der Waals surface area contributed by atoms with E-state index in [-0.39, 0.29) is 6.61 Å². The molecule has 0 aliphatic heterocycles. The summed E-state index contributed by atoms with van der Waals surface area (Å²) in [6, 6.07) is 0.653. The smallest absolute Gasteiger partial charge is 0.0922 e. The zero-order valence-corrected chi connectivity index (χ0v) is 9.02. The van der Waals surface area contributed by atoms with E-state index in [1.54, 1.807) is 6.33 Å². The number of hydrogen-bond donors (Lipinski definition) is 2. The number of hydrogen-bond acceptors (Lipinski definition) is 3. The van der Waals surface area contributed by atoms with Crippen molar-refractivity contribution in [2.75, 3.05) is 13.2 Å². The second-order valence-electron chi connectivity index (χ2n) is 4.21. The zero-order valence-electron chi connectivity index (χ0n) is 9.02. The van der Waals surface area contributed by atoms with Crippen molar-refractivity contribution in [1.82, 2.24) is 14.9 Å². The van der Waals surface area contributed by atoms with E-state index < -0.39 is 0 Å². The fourth-order valence-corrected chi connectivity index (χ4v) is 2.38. The third kappa shape index (κ3) is 2.79. The molecule has 0 aromatic carbocycles. The van der Waals surface area contributed by atoms with Crippen LogP contribution in [0.4, 0.5) is 0 Å². The Bertz CT molecular complexity index is 267. The highest BCUT2D eigenvalue weighted by Gasteiger charge is 2.22. The molecule has 2 rings (SSSR count). The van der Waals surface area contributed by atoms with Crippen LogP contribution in [0.5, 0.6) is 0 Å². The minimum Gasteiger partial charge on any atom is -0.395 e. The highest BCUT2D eigenvalue weighted by molar-refractivity contribution is 4.95. The summed E-state index contributed by atoms with van der Waals surface area (Å²) in [6.07, 6.45) is 8.77. The molecule has 4 heteroatoms. The van der Waals surface area contributed by atoms with E-state index in [1.165, 1.54) is 25.7 Å². The van der Waals surface area contributed by atoms with Crippen LogP contribution in [0.25, 0.3) is 0 Å². The highest BCUT2D eigenvalue weighted by atomic mass is 16.3.